The Morgan fingerprint density at radius 2 is 1.60 bits per heavy atom. The van der Waals surface area contributed by atoms with Crippen molar-refractivity contribution in [1.82, 2.24) is 4.31 Å². The van der Waals surface area contributed by atoms with Gasteiger partial charge in [-0.05, 0) is 36.8 Å². The minimum atomic E-state index is -4.87. The SMILES string of the molecule is Cc1ccc(NS(=O)(=O)c2ccccc2C(F)(F)F)cc1S(=O)(=O)N1CCOCC1. The minimum Gasteiger partial charge on any atom is -0.379 e. The summed E-state index contributed by atoms with van der Waals surface area (Å²) in [5.41, 5.74) is -1.10. The van der Waals surface area contributed by atoms with E-state index in [4.69, 9.17) is 4.74 Å². The first kappa shape index (κ1) is 22.5. The summed E-state index contributed by atoms with van der Waals surface area (Å²) < 4.78 is 99.2. The third-order valence-corrected chi connectivity index (χ3v) is 7.99. The normalized spacial score (nSPS) is 16.4. The smallest absolute Gasteiger partial charge is 0.379 e. The van der Waals surface area contributed by atoms with Crippen molar-refractivity contribution in [2.24, 2.45) is 0 Å². The summed E-state index contributed by atoms with van der Waals surface area (Å²) in [6.07, 6.45) is -4.87. The van der Waals surface area contributed by atoms with Crippen LogP contribution in [0.5, 0.6) is 0 Å². The van der Waals surface area contributed by atoms with E-state index in [0.29, 0.717) is 11.6 Å². The fourth-order valence-electron chi connectivity index (χ4n) is 3.01. The van der Waals surface area contributed by atoms with Gasteiger partial charge in [-0.15, -0.1) is 0 Å². The van der Waals surface area contributed by atoms with Gasteiger partial charge in [0.2, 0.25) is 10.0 Å². The Morgan fingerprint density at radius 3 is 2.23 bits per heavy atom. The Balaban J connectivity index is 1.98. The van der Waals surface area contributed by atoms with E-state index in [1.54, 1.807) is 6.92 Å². The van der Waals surface area contributed by atoms with E-state index in [-0.39, 0.29) is 36.9 Å². The number of anilines is 1. The van der Waals surface area contributed by atoms with Gasteiger partial charge in [0.15, 0.2) is 0 Å². The van der Waals surface area contributed by atoms with Gasteiger partial charge < -0.3 is 4.74 Å². The zero-order chi connectivity index (χ0) is 22.2. The predicted molar refractivity (Wildman–Crippen MR) is 103 cm³/mol. The number of benzene rings is 2. The molecule has 1 fully saturated rings. The number of nitrogens with one attached hydrogen (secondary N) is 1. The van der Waals surface area contributed by atoms with Crippen LogP contribution in [-0.4, -0.2) is 47.4 Å². The van der Waals surface area contributed by atoms with E-state index in [0.717, 1.165) is 18.2 Å². The molecule has 2 aromatic carbocycles. The first-order chi connectivity index (χ1) is 13.9. The number of aryl methyl sites for hydroxylation is 1. The number of nitrogens with zero attached hydrogens (tertiary/aromatic N) is 1. The maximum absolute atomic E-state index is 13.2. The molecule has 0 spiro atoms. The highest BCUT2D eigenvalue weighted by Crippen LogP contribution is 2.35. The molecule has 0 amide bonds. The molecule has 30 heavy (non-hydrogen) atoms. The minimum absolute atomic E-state index is 0.131. The van der Waals surface area contributed by atoms with Gasteiger partial charge in [0, 0.05) is 13.1 Å². The fourth-order valence-corrected chi connectivity index (χ4v) is 5.95. The lowest BCUT2D eigenvalue weighted by molar-refractivity contribution is -0.139. The molecule has 1 aliphatic heterocycles. The molecule has 0 aliphatic carbocycles. The zero-order valence-electron chi connectivity index (χ0n) is 15.8. The van der Waals surface area contributed by atoms with Crippen LogP contribution in [0.1, 0.15) is 11.1 Å². The van der Waals surface area contributed by atoms with Crippen LogP contribution in [0.4, 0.5) is 18.9 Å². The number of morpholine rings is 1. The molecule has 164 valence electrons. The molecule has 12 heteroatoms. The zero-order valence-corrected chi connectivity index (χ0v) is 17.4. The lowest BCUT2D eigenvalue weighted by Crippen LogP contribution is -2.40. The lowest BCUT2D eigenvalue weighted by Gasteiger charge is -2.27. The molecule has 0 unspecified atom stereocenters. The average molecular weight is 464 g/mol. The van der Waals surface area contributed by atoms with Crippen molar-refractivity contribution in [3.05, 3.63) is 53.6 Å². The molecule has 2 aromatic rings. The number of ether oxygens (including phenoxy) is 1. The van der Waals surface area contributed by atoms with E-state index >= 15 is 0 Å². The van der Waals surface area contributed by atoms with Gasteiger partial charge in [0.1, 0.15) is 0 Å². The summed E-state index contributed by atoms with van der Waals surface area (Å²) in [6, 6.07) is 7.55. The van der Waals surface area contributed by atoms with Crippen molar-refractivity contribution >= 4 is 25.7 Å². The summed E-state index contributed by atoms with van der Waals surface area (Å²) in [6.45, 7) is 2.32. The molecule has 0 saturated carbocycles. The summed E-state index contributed by atoms with van der Waals surface area (Å²) in [4.78, 5) is -1.08. The fraction of sp³-hybridized carbons (Fsp3) is 0.333. The van der Waals surface area contributed by atoms with Crippen molar-refractivity contribution in [2.75, 3.05) is 31.0 Å². The maximum Gasteiger partial charge on any atom is 0.417 e. The first-order valence-electron chi connectivity index (χ1n) is 8.80. The number of rotatable bonds is 5. The number of alkyl halides is 3. The second kappa shape index (κ2) is 8.17. The van der Waals surface area contributed by atoms with E-state index < -0.39 is 36.7 Å². The summed E-state index contributed by atoms with van der Waals surface area (Å²) in [5, 5.41) is 0. The molecule has 1 saturated heterocycles. The Morgan fingerprint density at radius 1 is 0.967 bits per heavy atom. The summed E-state index contributed by atoms with van der Waals surface area (Å²) in [7, 11) is -8.55. The lowest BCUT2D eigenvalue weighted by atomic mass is 10.2. The Kier molecular flexibility index (Phi) is 6.14. The van der Waals surface area contributed by atoms with Crippen molar-refractivity contribution < 1.29 is 34.7 Å². The van der Waals surface area contributed by atoms with Crippen LogP contribution >= 0.6 is 0 Å². The molecular formula is C18H19F3N2O5S2. The van der Waals surface area contributed by atoms with Gasteiger partial charge >= 0.3 is 6.18 Å². The molecule has 1 heterocycles. The standard InChI is InChI=1S/C18H19F3N2O5S2/c1-13-6-7-14(12-17(13)30(26,27)23-8-10-28-11-9-23)22-29(24,25)16-5-3-2-4-15(16)18(19,20)21/h2-7,12,22H,8-11H2,1H3. The molecule has 1 aliphatic rings. The van der Waals surface area contributed by atoms with Gasteiger partial charge in [-0.3, -0.25) is 4.72 Å². The van der Waals surface area contributed by atoms with E-state index in [9.17, 15) is 30.0 Å². The second-order valence-corrected chi connectivity index (χ2v) is 10.2. The van der Waals surface area contributed by atoms with Crippen LogP contribution in [0.2, 0.25) is 0 Å². The van der Waals surface area contributed by atoms with E-state index in [1.807, 2.05) is 0 Å². The molecule has 0 aromatic heterocycles. The van der Waals surface area contributed by atoms with Crippen LogP contribution in [0.25, 0.3) is 0 Å². The largest absolute Gasteiger partial charge is 0.417 e. The highest BCUT2D eigenvalue weighted by Gasteiger charge is 2.37. The average Bonchev–Trinajstić information content (AvgIpc) is 2.69. The van der Waals surface area contributed by atoms with Crippen molar-refractivity contribution in [3.8, 4) is 0 Å². The Bertz CT molecular complexity index is 1140. The Labute approximate surface area is 172 Å². The Hall–Kier alpha value is -2.15. The van der Waals surface area contributed by atoms with Crippen molar-refractivity contribution in [3.63, 3.8) is 0 Å². The highest BCUT2D eigenvalue weighted by atomic mass is 32.2. The monoisotopic (exact) mass is 464 g/mol. The number of halogens is 3. The molecule has 0 atom stereocenters. The summed E-state index contributed by atoms with van der Waals surface area (Å²) >= 11 is 0. The second-order valence-electron chi connectivity index (χ2n) is 6.60. The highest BCUT2D eigenvalue weighted by molar-refractivity contribution is 7.92. The van der Waals surface area contributed by atoms with Gasteiger partial charge in [0.05, 0.1) is 34.3 Å². The predicted octanol–water partition coefficient (Wildman–Crippen LogP) is 2.84. The first-order valence-corrected chi connectivity index (χ1v) is 11.7. The topological polar surface area (TPSA) is 92.8 Å². The van der Waals surface area contributed by atoms with Crippen LogP contribution < -0.4 is 4.72 Å². The quantitative estimate of drug-likeness (QED) is 0.735. The molecule has 3 rings (SSSR count). The van der Waals surface area contributed by atoms with Crippen molar-refractivity contribution in [1.29, 1.82) is 0 Å². The third kappa shape index (κ3) is 4.61. The molecule has 0 bridgehead atoms. The number of hydrogen-bond donors (Lipinski definition) is 1. The molecular weight excluding hydrogens is 445 g/mol. The van der Waals surface area contributed by atoms with E-state index in [1.165, 1.54) is 22.5 Å². The van der Waals surface area contributed by atoms with Crippen LogP contribution in [0.15, 0.2) is 52.3 Å². The van der Waals surface area contributed by atoms with Gasteiger partial charge in [-0.2, -0.15) is 17.5 Å². The molecule has 1 N–H and O–H groups in total. The molecule has 7 nitrogen and oxygen atoms in total. The third-order valence-electron chi connectivity index (χ3n) is 4.51. The van der Waals surface area contributed by atoms with Crippen molar-refractivity contribution in [2.45, 2.75) is 22.9 Å². The van der Waals surface area contributed by atoms with Gasteiger partial charge in [-0.1, -0.05) is 18.2 Å². The molecule has 0 radical (unpaired) electrons. The maximum atomic E-state index is 13.2. The van der Waals surface area contributed by atoms with Crippen LogP contribution in [0.3, 0.4) is 0 Å². The van der Waals surface area contributed by atoms with Gasteiger partial charge in [0.25, 0.3) is 10.0 Å². The van der Waals surface area contributed by atoms with Crippen LogP contribution in [0, 0.1) is 6.92 Å². The van der Waals surface area contributed by atoms with E-state index in [2.05, 4.69) is 4.72 Å². The van der Waals surface area contributed by atoms with Crippen LogP contribution in [-0.2, 0) is 31.0 Å². The number of sulfonamides is 2. The van der Waals surface area contributed by atoms with Gasteiger partial charge in [-0.25, -0.2) is 16.8 Å². The number of hydrogen-bond acceptors (Lipinski definition) is 5. The summed E-state index contributed by atoms with van der Waals surface area (Å²) in [5.74, 6) is 0.